The summed E-state index contributed by atoms with van der Waals surface area (Å²) >= 11 is 0. The van der Waals surface area contributed by atoms with Crippen LogP contribution < -0.4 is 0 Å². The van der Waals surface area contributed by atoms with Crippen molar-refractivity contribution >= 4 is 8.60 Å². The van der Waals surface area contributed by atoms with Gasteiger partial charge in [0.25, 0.3) is 0 Å². The first-order valence-electron chi connectivity index (χ1n) is 5.13. The maximum absolute atomic E-state index is 13.0. The van der Waals surface area contributed by atoms with Crippen LogP contribution in [-0.4, -0.2) is 44.0 Å². The van der Waals surface area contributed by atoms with E-state index >= 15 is 0 Å². The van der Waals surface area contributed by atoms with Crippen LogP contribution in [0, 0.1) is 0 Å². The largest absolute Gasteiger partial charge is 0.380 e. The molecule has 12 heteroatoms. The van der Waals surface area contributed by atoms with Crippen molar-refractivity contribution in [3.05, 3.63) is 0 Å². The smallest absolute Gasteiger partial charge is 0.312 e. The first-order chi connectivity index (χ1) is 9.02. The van der Waals surface area contributed by atoms with Gasteiger partial charge in [-0.25, -0.2) is 8.78 Å². The maximum Gasteiger partial charge on any atom is 0.380 e. The first-order valence-corrected chi connectivity index (χ1v) is 6.22. The van der Waals surface area contributed by atoms with Gasteiger partial charge in [-0.05, 0) is 6.42 Å². The summed E-state index contributed by atoms with van der Waals surface area (Å²) in [6.07, 6.45) is -4.53. The molecular formula is C8H9F8O3P. The monoisotopic (exact) mass is 336 g/mol. The van der Waals surface area contributed by atoms with Crippen molar-refractivity contribution in [3.8, 4) is 0 Å². The van der Waals surface area contributed by atoms with E-state index in [-0.39, 0.29) is 13.2 Å². The van der Waals surface area contributed by atoms with Gasteiger partial charge in [0.1, 0.15) is 6.61 Å². The molecule has 0 saturated carbocycles. The first kappa shape index (κ1) is 17.8. The molecule has 0 amide bonds. The Kier molecular flexibility index (Phi) is 5.56. The Morgan fingerprint density at radius 1 is 1.00 bits per heavy atom. The molecule has 1 rings (SSSR count). The van der Waals surface area contributed by atoms with Crippen LogP contribution in [0.3, 0.4) is 0 Å². The molecule has 1 heterocycles. The zero-order chi connectivity index (χ0) is 15.6. The zero-order valence-corrected chi connectivity index (χ0v) is 10.5. The minimum Gasteiger partial charge on any atom is -0.312 e. The highest BCUT2D eigenvalue weighted by atomic mass is 31.2. The summed E-state index contributed by atoms with van der Waals surface area (Å²) in [4.78, 5) is 0. The number of halogens is 8. The summed E-state index contributed by atoms with van der Waals surface area (Å²) in [6.45, 7) is -2.12. The van der Waals surface area contributed by atoms with Crippen LogP contribution in [0.25, 0.3) is 0 Å². The van der Waals surface area contributed by atoms with Crippen molar-refractivity contribution in [1.29, 1.82) is 0 Å². The average Bonchev–Trinajstić information content (AvgIpc) is 2.37. The Labute approximate surface area is 109 Å². The molecule has 0 aliphatic carbocycles. The highest BCUT2D eigenvalue weighted by Gasteiger charge is 2.75. The van der Waals surface area contributed by atoms with Crippen LogP contribution in [0.15, 0.2) is 0 Å². The molecule has 0 aromatic carbocycles. The highest BCUT2D eigenvalue weighted by Crippen LogP contribution is 2.51. The van der Waals surface area contributed by atoms with Gasteiger partial charge in [-0.15, -0.1) is 0 Å². The third kappa shape index (κ3) is 3.49. The van der Waals surface area contributed by atoms with E-state index < -0.39 is 39.4 Å². The predicted molar refractivity (Wildman–Crippen MR) is 50.2 cm³/mol. The minimum atomic E-state index is -6.28. The van der Waals surface area contributed by atoms with Crippen LogP contribution in [0.1, 0.15) is 6.42 Å². The predicted octanol–water partition coefficient (Wildman–Crippen LogP) is 3.84. The lowest BCUT2D eigenvalue weighted by atomic mass is 10.1. The number of alkyl halides is 8. The Hall–Kier alpha value is -0.250. The van der Waals surface area contributed by atoms with Gasteiger partial charge < -0.3 is 13.6 Å². The topological polar surface area (TPSA) is 27.7 Å². The lowest BCUT2D eigenvalue weighted by Crippen LogP contribution is -2.59. The Morgan fingerprint density at radius 3 is 1.95 bits per heavy atom. The summed E-state index contributed by atoms with van der Waals surface area (Å²) in [7, 11) is -2.38. The van der Waals surface area contributed by atoms with Gasteiger partial charge >= 0.3 is 32.8 Å². The summed E-state index contributed by atoms with van der Waals surface area (Å²) in [6, 6.07) is 0. The van der Waals surface area contributed by atoms with E-state index in [0.717, 1.165) is 0 Å². The highest BCUT2D eigenvalue weighted by molar-refractivity contribution is 7.41. The fourth-order valence-corrected chi connectivity index (χ4v) is 2.10. The molecule has 0 spiro atoms. The summed E-state index contributed by atoms with van der Waals surface area (Å²) in [5, 5.41) is 0. The fraction of sp³-hybridized carbons (Fsp3) is 1.00. The second kappa shape index (κ2) is 6.25. The molecule has 1 aliphatic heterocycles. The number of hydrogen-bond donors (Lipinski definition) is 0. The maximum atomic E-state index is 13.0. The van der Waals surface area contributed by atoms with E-state index in [4.69, 9.17) is 0 Å². The molecule has 1 fully saturated rings. The number of rotatable bonds is 6. The standard InChI is InChI=1S/C8H9F8O3P/c9-5(10)7(13,14)8(15,16)6(11,12)4-19-20-17-2-1-3-18-20/h5H,1-4H2. The van der Waals surface area contributed by atoms with Gasteiger partial charge in [0.15, 0.2) is 0 Å². The molecule has 1 saturated heterocycles. The van der Waals surface area contributed by atoms with Crippen LogP contribution >= 0.6 is 8.60 Å². The van der Waals surface area contributed by atoms with E-state index in [2.05, 4.69) is 13.6 Å². The average molecular weight is 336 g/mol. The van der Waals surface area contributed by atoms with Crippen molar-refractivity contribution in [3.63, 3.8) is 0 Å². The van der Waals surface area contributed by atoms with Crippen molar-refractivity contribution in [2.45, 2.75) is 30.6 Å². The summed E-state index contributed by atoms with van der Waals surface area (Å²) in [5.41, 5.74) is 0. The second-order valence-electron chi connectivity index (χ2n) is 3.72. The van der Waals surface area contributed by atoms with Crippen molar-refractivity contribution in [1.82, 2.24) is 0 Å². The Morgan fingerprint density at radius 2 is 1.50 bits per heavy atom. The van der Waals surface area contributed by atoms with Crippen LogP contribution in [0.2, 0.25) is 0 Å². The molecule has 3 nitrogen and oxygen atoms in total. The fourth-order valence-electron chi connectivity index (χ4n) is 1.05. The zero-order valence-electron chi connectivity index (χ0n) is 9.60. The van der Waals surface area contributed by atoms with Gasteiger partial charge in [0.2, 0.25) is 0 Å². The molecule has 0 N–H and O–H groups in total. The van der Waals surface area contributed by atoms with Gasteiger partial charge in [-0.3, -0.25) is 0 Å². The van der Waals surface area contributed by atoms with E-state index in [1.54, 1.807) is 0 Å². The lowest BCUT2D eigenvalue weighted by molar-refractivity contribution is -0.342. The molecule has 120 valence electrons. The third-order valence-electron chi connectivity index (χ3n) is 2.19. The van der Waals surface area contributed by atoms with Crippen molar-refractivity contribution in [2.75, 3.05) is 19.8 Å². The lowest BCUT2D eigenvalue weighted by Gasteiger charge is -2.32. The minimum absolute atomic E-state index is 0.0564. The second-order valence-corrected chi connectivity index (χ2v) is 4.94. The molecule has 0 unspecified atom stereocenters. The summed E-state index contributed by atoms with van der Waals surface area (Å²) in [5.74, 6) is -18.0. The molecule has 0 atom stereocenters. The quantitative estimate of drug-likeness (QED) is 0.545. The van der Waals surface area contributed by atoms with Gasteiger partial charge in [0, 0.05) is 0 Å². The van der Waals surface area contributed by atoms with Gasteiger partial charge in [-0.1, -0.05) is 0 Å². The Bertz CT molecular complexity index is 321. The molecule has 20 heavy (non-hydrogen) atoms. The molecule has 1 aliphatic rings. The van der Waals surface area contributed by atoms with Gasteiger partial charge in [-0.2, -0.15) is 26.3 Å². The van der Waals surface area contributed by atoms with Crippen molar-refractivity contribution < 1.29 is 48.7 Å². The van der Waals surface area contributed by atoms with E-state index in [1.807, 2.05) is 0 Å². The van der Waals surface area contributed by atoms with E-state index in [9.17, 15) is 35.1 Å². The van der Waals surface area contributed by atoms with Gasteiger partial charge in [0.05, 0.1) is 13.2 Å². The van der Waals surface area contributed by atoms with Crippen LogP contribution in [0.5, 0.6) is 0 Å². The molecule has 0 aromatic rings. The van der Waals surface area contributed by atoms with Crippen LogP contribution in [0.4, 0.5) is 35.1 Å². The molecular weight excluding hydrogens is 327 g/mol. The summed E-state index contributed by atoms with van der Waals surface area (Å²) < 4.78 is 114. The third-order valence-corrected chi connectivity index (χ3v) is 3.31. The number of hydrogen-bond acceptors (Lipinski definition) is 3. The molecule has 0 aromatic heterocycles. The van der Waals surface area contributed by atoms with E-state index in [0.29, 0.717) is 6.42 Å². The normalized spacial score (nSPS) is 19.6. The molecule has 0 bridgehead atoms. The van der Waals surface area contributed by atoms with E-state index in [1.165, 1.54) is 0 Å². The van der Waals surface area contributed by atoms with Crippen molar-refractivity contribution in [2.24, 2.45) is 0 Å². The molecule has 0 radical (unpaired) electrons. The SMILES string of the molecule is FC(F)C(F)(F)C(F)(F)C(F)(F)COP1OCCCO1. The van der Waals surface area contributed by atoms with Crippen LogP contribution in [-0.2, 0) is 13.6 Å². The Balaban J connectivity index is 2.70.